The van der Waals surface area contributed by atoms with Crippen LogP contribution >= 0.6 is 0 Å². The van der Waals surface area contributed by atoms with E-state index in [0.29, 0.717) is 18.4 Å². The van der Waals surface area contributed by atoms with Crippen LogP contribution in [0.3, 0.4) is 0 Å². The monoisotopic (exact) mass is 534 g/mol. The number of hydrogen-bond donors (Lipinski definition) is 0. The Morgan fingerprint density at radius 2 is 0.925 bits per heavy atom. The van der Waals surface area contributed by atoms with Crippen LogP contribution in [0.1, 0.15) is 69.5 Å². The first-order chi connectivity index (χ1) is 19.2. The second kappa shape index (κ2) is 12.4. The Kier molecular flexibility index (Phi) is 8.79. The maximum Gasteiger partial charge on any atom is 0.196 e. The van der Waals surface area contributed by atoms with Crippen LogP contribution < -0.4 is 0 Å². The Labute approximate surface area is 233 Å². The highest BCUT2D eigenvalue weighted by Crippen LogP contribution is 2.24. The largest absolute Gasteiger partial charge is 0.205 e. The normalized spacial score (nSPS) is 10.1. The Bertz CT molecular complexity index is 1730. The van der Waals surface area contributed by atoms with Crippen molar-refractivity contribution in [2.75, 3.05) is 0 Å². The van der Waals surface area contributed by atoms with Crippen molar-refractivity contribution < 1.29 is 17.6 Å². The van der Waals surface area contributed by atoms with Crippen LogP contribution in [0.4, 0.5) is 17.6 Å². The molecular formula is C36H26F4. The molecule has 0 saturated heterocycles. The van der Waals surface area contributed by atoms with Crippen LogP contribution in [0.15, 0.2) is 60.7 Å². The molecule has 0 fully saturated rings. The summed E-state index contributed by atoms with van der Waals surface area (Å²) in [6.45, 7) is 6.99. The van der Waals surface area contributed by atoms with Gasteiger partial charge in [0.2, 0.25) is 0 Å². The molecule has 0 radical (unpaired) electrons. The first-order valence-electron chi connectivity index (χ1n) is 12.9. The Morgan fingerprint density at radius 1 is 0.500 bits per heavy atom. The molecule has 0 aromatic heterocycles. The molecule has 0 unspecified atom stereocenters. The summed E-state index contributed by atoms with van der Waals surface area (Å²) in [5, 5.41) is 0. The average molecular weight is 535 g/mol. The summed E-state index contributed by atoms with van der Waals surface area (Å²) in [5.41, 5.74) is 5.61. The van der Waals surface area contributed by atoms with E-state index in [2.05, 4.69) is 35.5 Å². The zero-order valence-electron chi connectivity index (χ0n) is 22.7. The molecule has 0 nitrogen and oxygen atoms in total. The van der Waals surface area contributed by atoms with Gasteiger partial charge < -0.3 is 0 Å². The molecule has 0 heterocycles. The minimum absolute atomic E-state index is 0.558. The molecular weight excluding hydrogens is 508 g/mol. The smallest absolute Gasteiger partial charge is 0.196 e. The van der Waals surface area contributed by atoms with E-state index in [4.69, 9.17) is 0 Å². The zero-order valence-corrected chi connectivity index (χ0v) is 22.7. The molecule has 4 rings (SSSR count). The van der Waals surface area contributed by atoms with Gasteiger partial charge in [0.05, 0.1) is 5.56 Å². The van der Waals surface area contributed by atoms with Crippen LogP contribution in [0.2, 0.25) is 0 Å². The third-order valence-electron chi connectivity index (χ3n) is 6.53. The van der Waals surface area contributed by atoms with E-state index >= 15 is 0 Å². The molecule has 40 heavy (non-hydrogen) atoms. The highest BCUT2D eigenvalue weighted by molar-refractivity contribution is 5.56. The van der Waals surface area contributed by atoms with Crippen molar-refractivity contribution in [1.82, 2.24) is 0 Å². The molecule has 0 atom stereocenters. The lowest BCUT2D eigenvalue weighted by molar-refractivity contribution is 0.426. The number of benzene rings is 4. The van der Waals surface area contributed by atoms with Gasteiger partial charge in [-0.05, 0) is 86.3 Å². The number of rotatable bonds is 2. The summed E-state index contributed by atoms with van der Waals surface area (Å²) in [6, 6.07) is 19.5. The Hall–Kier alpha value is -4.72. The fourth-order valence-electron chi connectivity index (χ4n) is 4.06. The number of aryl methyl sites for hydroxylation is 3. The predicted octanol–water partition coefficient (Wildman–Crippen LogP) is 8.18. The van der Waals surface area contributed by atoms with Crippen LogP contribution in [-0.2, 0) is 12.8 Å². The molecule has 0 aliphatic heterocycles. The topological polar surface area (TPSA) is 0 Å². The van der Waals surface area contributed by atoms with Crippen LogP contribution in [-0.4, -0.2) is 0 Å². The van der Waals surface area contributed by atoms with Crippen molar-refractivity contribution >= 4 is 0 Å². The summed E-state index contributed by atoms with van der Waals surface area (Å²) in [7, 11) is 0. The molecule has 4 heteroatoms. The second-order valence-electron chi connectivity index (χ2n) is 9.32. The van der Waals surface area contributed by atoms with Gasteiger partial charge >= 0.3 is 0 Å². The number of hydrogen-bond acceptors (Lipinski definition) is 0. The van der Waals surface area contributed by atoms with Gasteiger partial charge in [-0.2, -0.15) is 0 Å². The van der Waals surface area contributed by atoms with E-state index in [1.165, 1.54) is 5.56 Å². The molecule has 0 amide bonds. The maximum atomic E-state index is 14.4. The molecule has 4 aromatic carbocycles. The lowest BCUT2D eigenvalue weighted by Gasteiger charge is -2.09. The van der Waals surface area contributed by atoms with Gasteiger partial charge in [0.1, 0.15) is 5.82 Å². The van der Waals surface area contributed by atoms with Gasteiger partial charge in [0, 0.05) is 33.4 Å². The molecule has 0 saturated carbocycles. The van der Waals surface area contributed by atoms with Crippen molar-refractivity contribution in [2.45, 2.75) is 40.5 Å². The highest BCUT2D eigenvalue weighted by atomic mass is 19.2. The van der Waals surface area contributed by atoms with Crippen molar-refractivity contribution in [3.05, 3.63) is 140 Å². The van der Waals surface area contributed by atoms with Crippen molar-refractivity contribution in [1.29, 1.82) is 0 Å². The third-order valence-corrected chi connectivity index (χ3v) is 6.53. The maximum absolute atomic E-state index is 14.4. The van der Waals surface area contributed by atoms with Crippen molar-refractivity contribution in [3.63, 3.8) is 0 Å². The predicted molar refractivity (Wildman–Crippen MR) is 152 cm³/mol. The average Bonchev–Trinajstić information content (AvgIpc) is 2.98. The molecule has 0 bridgehead atoms. The van der Waals surface area contributed by atoms with Crippen LogP contribution in [0.25, 0.3) is 0 Å². The number of halogens is 4. The first-order valence-corrected chi connectivity index (χ1v) is 12.9. The van der Waals surface area contributed by atoms with Gasteiger partial charge in [0.25, 0.3) is 0 Å². The van der Waals surface area contributed by atoms with E-state index in [1.807, 2.05) is 81.4 Å². The standard InChI is InChI=1S/C36H26F4/c1-5-28-22-31(19-20-32-33(37)24(4)34(38)36(40)35(32)39)29(6-2)21-30(28)18-17-27-15-13-26(14-16-27)12-11-25-9-7-23(3)8-10-25/h7-10,13-16,21-22H,5-6H2,1-4H3. The molecule has 198 valence electrons. The Balaban J connectivity index is 1.62. The van der Waals surface area contributed by atoms with Gasteiger partial charge in [-0.1, -0.05) is 67.1 Å². The molecule has 0 aliphatic carbocycles. The van der Waals surface area contributed by atoms with Crippen molar-refractivity contribution in [3.8, 4) is 35.5 Å². The minimum atomic E-state index is -1.73. The lowest BCUT2D eigenvalue weighted by Crippen LogP contribution is -2.03. The second-order valence-corrected chi connectivity index (χ2v) is 9.32. The first kappa shape index (κ1) is 28.3. The quantitative estimate of drug-likeness (QED) is 0.105. The summed E-state index contributed by atoms with van der Waals surface area (Å²) < 4.78 is 56.2. The fraction of sp³-hybridized carbons (Fsp3) is 0.167. The van der Waals surface area contributed by atoms with E-state index < -0.39 is 34.4 Å². The summed E-state index contributed by atoms with van der Waals surface area (Å²) in [4.78, 5) is 0. The lowest BCUT2D eigenvalue weighted by atomic mass is 9.95. The van der Waals surface area contributed by atoms with E-state index in [9.17, 15) is 17.6 Å². The van der Waals surface area contributed by atoms with Crippen molar-refractivity contribution in [2.24, 2.45) is 0 Å². The molecule has 0 N–H and O–H groups in total. The van der Waals surface area contributed by atoms with Gasteiger partial charge in [-0.3, -0.25) is 0 Å². The van der Waals surface area contributed by atoms with Gasteiger partial charge in [-0.15, -0.1) is 0 Å². The molecule has 4 aromatic rings. The fourth-order valence-corrected chi connectivity index (χ4v) is 4.06. The van der Waals surface area contributed by atoms with Gasteiger partial charge in [0.15, 0.2) is 17.5 Å². The molecule has 0 spiro atoms. The highest BCUT2D eigenvalue weighted by Gasteiger charge is 2.22. The van der Waals surface area contributed by atoms with Crippen LogP contribution in [0.5, 0.6) is 0 Å². The van der Waals surface area contributed by atoms with E-state index in [-0.39, 0.29) is 0 Å². The van der Waals surface area contributed by atoms with Crippen LogP contribution in [0, 0.1) is 72.6 Å². The zero-order chi connectivity index (χ0) is 28.8. The third kappa shape index (κ3) is 6.29. The molecule has 0 aliphatic rings. The summed E-state index contributed by atoms with van der Waals surface area (Å²) in [5.74, 6) is 11.8. The van der Waals surface area contributed by atoms with E-state index in [1.54, 1.807) is 0 Å². The SMILES string of the molecule is CCc1cc(C#Cc2c(F)c(C)c(F)c(F)c2F)c(CC)cc1C#Cc1ccc(C#Cc2ccc(C)cc2)cc1. The summed E-state index contributed by atoms with van der Waals surface area (Å²) >= 11 is 0. The van der Waals surface area contributed by atoms with E-state index in [0.717, 1.165) is 40.3 Å². The Morgan fingerprint density at radius 3 is 1.40 bits per heavy atom. The minimum Gasteiger partial charge on any atom is -0.205 e. The summed E-state index contributed by atoms with van der Waals surface area (Å²) in [6.07, 6.45) is 1.25. The van der Waals surface area contributed by atoms with Gasteiger partial charge in [-0.25, -0.2) is 17.6 Å².